The Morgan fingerprint density at radius 2 is 2.00 bits per heavy atom. The van der Waals surface area contributed by atoms with E-state index in [1.807, 2.05) is 36.4 Å². The standard InChI is InChI=1S/C13H9BrN2O/c14-12-6-11(7-15)13(17)16(9-12)8-10-4-2-1-3-5-10/h1-6,9H,8H2. The number of halogens is 1. The Balaban J connectivity index is 2.44. The lowest BCUT2D eigenvalue weighted by atomic mass is 10.2. The summed E-state index contributed by atoms with van der Waals surface area (Å²) in [5.74, 6) is 0. The Labute approximate surface area is 107 Å². The molecule has 0 aliphatic carbocycles. The van der Waals surface area contributed by atoms with E-state index >= 15 is 0 Å². The number of aromatic nitrogens is 1. The van der Waals surface area contributed by atoms with Crippen molar-refractivity contribution >= 4 is 15.9 Å². The van der Waals surface area contributed by atoms with Crippen molar-refractivity contribution in [2.75, 3.05) is 0 Å². The average molecular weight is 289 g/mol. The van der Waals surface area contributed by atoms with Gasteiger partial charge in [-0.2, -0.15) is 5.26 Å². The molecule has 1 heterocycles. The van der Waals surface area contributed by atoms with E-state index in [2.05, 4.69) is 15.9 Å². The van der Waals surface area contributed by atoms with Gasteiger partial charge in [0.25, 0.3) is 5.56 Å². The summed E-state index contributed by atoms with van der Waals surface area (Å²) >= 11 is 3.29. The number of hydrogen-bond donors (Lipinski definition) is 0. The first-order valence-corrected chi connectivity index (χ1v) is 5.84. The van der Waals surface area contributed by atoms with Gasteiger partial charge >= 0.3 is 0 Å². The van der Waals surface area contributed by atoms with Crippen LogP contribution in [0.2, 0.25) is 0 Å². The van der Waals surface area contributed by atoms with Crippen LogP contribution in [0.15, 0.2) is 51.9 Å². The Kier molecular flexibility index (Phi) is 3.40. The molecule has 0 amide bonds. The Bertz CT molecular complexity index is 626. The average Bonchev–Trinajstić information content (AvgIpc) is 2.34. The van der Waals surface area contributed by atoms with E-state index < -0.39 is 0 Å². The maximum Gasteiger partial charge on any atom is 0.268 e. The molecule has 1 aromatic carbocycles. The summed E-state index contributed by atoms with van der Waals surface area (Å²) in [7, 11) is 0. The molecule has 2 aromatic rings. The molecular weight excluding hydrogens is 280 g/mol. The van der Waals surface area contributed by atoms with Gasteiger partial charge in [0.1, 0.15) is 11.6 Å². The van der Waals surface area contributed by atoms with Crippen LogP contribution in [0.4, 0.5) is 0 Å². The van der Waals surface area contributed by atoms with Crippen molar-refractivity contribution in [3.8, 4) is 6.07 Å². The molecule has 4 heteroatoms. The van der Waals surface area contributed by atoms with Gasteiger partial charge in [-0.25, -0.2) is 0 Å². The van der Waals surface area contributed by atoms with Crippen molar-refractivity contribution in [1.82, 2.24) is 4.57 Å². The number of nitrogens with zero attached hydrogens (tertiary/aromatic N) is 2. The minimum atomic E-state index is -0.264. The van der Waals surface area contributed by atoms with Gasteiger partial charge in [-0.3, -0.25) is 4.79 Å². The van der Waals surface area contributed by atoms with Gasteiger partial charge in [0.15, 0.2) is 0 Å². The van der Waals surface area contributed by atoms with Crippen molar-refractivity contribution in [1.29, 1.82) is 5.26 Å². The number of benzene rings is 1. The molecule has 17 heavy (non-hydrogen) atoms. The van der Waals surface area contributed by atoms with Crippen LogP contribution in [0.1, 0.15) is 11.1 Å². The van der Waals surface area contributed by atoms with Crippen LogP contribution in [0.3, 0.4) is 0 Å². The first-order chi connectivity index (χ1) is 8.20. The quantitative estimate of drug-likeness (QED) is 0.852. The number of rotatable bonds is 2. The molecule has 0 saturated carbocycles. The normalized spacial score (nSPS) is 9.88. The first kappa shape index (κ1) is 11.6. The minimum absolute atomic E-state index is 0.148. The highest BCUT2D eigenvalue weighted by molar-refractivity contribution is 9.10. The van der Waals surface area contributed by atoms with Crippen molar-refractivity contribution < 1.29 is 0 Å². The zero-order valence-corrected chi connectivity index (χ0v) is 10.5. The van der Waals surface area contributed by atoms with Crippen molar-refractivity contribution in [2.45, 2.75) is 6.54 Å². The maximum absolute atomic E-state index is 11.9. The first-order valence-electron chi connectivity index (χ1n) is 5.05. The molecule has 0 radical (unpaired) electrons. The summed E-state index contributed by atoms with van der Waals surface area (Å²) in [6, 6.07) is 13.1. The van der Waals surface area contributed by atoms with Gasteiger partial charge in [-0.05, 0) is 27.6 Å². The van der Waals surface area contributed by atoms with Crippen LogP contribution < -0.4 is 5.56 Å². The zero-order chi connectivity index (χ0) is 12.3. The van der Waals surface area contributed by atoms with Crippen LogP contribution in [-0.2, 0) is 6.54 Å². The smallest absolute Gasteiger partial charge is 0.268 e. The van der Waals surface area contributed by atoms with Crippen molar-refractivity contribution in [3.05, 3.63) is 68.5 Å². The van der Waals surface area contributed by atoms with E-state index in [1.165, 1.54) is 10.6 Å². The number of pyridine rings is 1. The SMILES string of the molecule is N#Cc1cc(Br)cn(Cc2ccccc2)c1=O. The van der Waals surface area contributed by atoms with E-state index in [0.29, 0.717) is 6.54 Å². The van der Waals surface area contributed by atoms with Crippen molar-refractivity contribution in [3.63, 3.8) is 0 Å². The summed E-state index contributed by atoms with van der Waals surface area (Å²) in [6.45, 7) is 0.466. The molecule has 0 spiro atoms. The molecule has 0 aliphatic rings. The number of nitriles is 1. The molecule has 0 aliphatic heterocycles. The third kappa shape index (κ3) is 2.63. The molecule has 1 aromatic heterocycles. The van der Waals surface area contributed by atoms with E-state index in [0.717, 1.165) is 10.0 Å². The lowest BCUT2D eigenvalue weighted by Gasteiger charge is -2.06. The van der Waals surface area contributed by atoms with Gasteiger partial charge in [-0.15, -0.1) is 0 Å². The van der Waals surface area contributed by atoms with Gasteiger partial charge in [-0.1, -0.05) is 30.3 Å². The van der Waals surface area contributed by atoms with E-state index in [-0.39, 0.29) is 11.1 Å². The van der Waals surface area contributed by atoms with Gasteiger partial charge < -0.3 is 4.57 Å². The third-order valence-electron chi connectivity index (χ3n) is 2.37. The Morgan fingerprint density at radius 1 is 1.29 bits per heavy atom. The highest BCUT2D eigenvalue weighted by atomic mass is 79.9. The predicted molar refractivity (Wildman–Crippen MR) is 68.7 cm³/mol. The second-order valence-corrected chi connectivity index (χ2v) is 4.52. The predicted octanol–water partition coefficient (Wildman–Crippen LogP) is 2.53. The molecule has 0 fully saturated rings. The maximum atomic E-state index is 11.9. The molecule has 0 unspecified atom stereocenters. The van der Waals surface area contributed by atoms with E-state index in [1.54, 1.807) is 6.20 Å². The van der Waals surface area contributed by atoms with Gasteiger partial charge in [0.05, 0.1) is 6.54 Å². The van der Waals surface area contributed by atoms with Crippen LogP contribution in [0, 0.1) is 11.3 Å². The molecule has 84 valence electrons. The van der Waals surface area contributed by atoms with E-state index in [9.17, 15) is 4.79 Å². The Hall–Kier alpha value is -1.86. The molecule has 0 atom stereocenters. The molecule has 2 rings (SSSR count). The summed E-state index contributed by atoms with van der Waals surface area (Å²) < 4.78 is 2.25. The zero-order valence-electron chi connectivity index (χ0n) is 8.93. The largest absolute Gasteiger partial charge is 0.309 e. The summed E-state index contributed by atoms with van der Waals surface area (Å²) in [5.41, 5.74) is 0.909. The Morgan fingerprint density at radius 3 is 2.65 bits per heavy atom. The molecule has 0 bridgehead atoms. The topological polar surface area (TPSA) is 45.8 Å². The molecule has 0 saturated heterocycles. The second kappa shape index (κ2) is 4.98. The molecular formula is C13H9BrN2O. The fourth-order valence-electron chi connectivity index (χ4n) is 1.58. The molecule has 0 N–H and O–H groups in total. The van der Waals surface area contributed by atoms with Crippen molar-refractivity contribution in [2.24, 2.45) is 0 Å². The summed E-state index contributed by atoms with van der Waals surface area (Å²) in [5, 5.41) is 8.85. The van der Waals surface area contributed by atoms with Crippen LogP contribution in [0.25, 0.3) is 0 Å². The lowest BCUT2D eigenvalue weighted by Crippen LogP contribution is -2.22. The number of hydrogen-bond acceptors (Lipinski definition) is 2. The highest BCUT2D eigenvalue weighted by Gasteiger charge is 2.05. The van der Waals surface area contributed by atoms with E-state index in [4.69, 9.17) is 5.26 Å². The minimum Gasteiger partial charge on any atom is -0.309 e. The summed E-state index contributed by atoms with van der Waals surface area (Å²) in [4.78, 5) is 11.9. The second-order valence-electron chi connectivity index (χ2n) is 3.60. The summed E-state index contributed by atoms with van der Waals surface area (Å²) in [6.07, 6.45) is 1.69. The third-order valence-corrected chi connectivity index (χ3v) is 2.80. The van der Waals surface area contributed by atoms with Crippen LogP contribution in [0.5, 0.6) is 0 Å². The van der Waals surface area contributed by atoms with Crippen LogP contribution >= 0.6 is 15.9 Å². The van der Waals surface area contributed by atoms with Gasteiger partial charge in [0, 0.05) is 10.7 Å². The monoisotopic (exact) mass is 288 g/mol. The fraction of sp³-hybridized carbons (Fsp3) is 0.0769. The molecule has 3 nitrogen and oxygen atoms in total. The fourth-order valence-corrected chi connectivity index (χ4v) is 2.05. The van der Waals surface area contributed by atoms with Gasteiger partial charge in [0.2, 0.25) is 0 Å². The lowest BCUT2D eigenvalue weighted by molar-refractivity contribution is 0.753. The van der Waals surface area contributed by atoms with Crippen LogP contribution in [-0.4, -0.2) is 4.57 Å². The highest BCUT2D eigenvalue weighted by Crippen LogP contribution is 2.09.